The molecule has 0 saturated carbocycles. The van der Waals surface area contributed by atoms with Crippen molar-refractivity contribution < 1.29 is 86.4 Å². The molecule has 1 heterocycles. The molecule has 0 amide bonds. The van der Waals surface area contributed by atoms with Gasteiger partial charge in [-0.1, -0.05) is 56.3 Å². The van der Waals surface area contributed by atoms with Gasteiger partial charge < -0.3 is 14.0 Å². The largest absolute Gasteiger partial charge is 1.00 e. The van der Waals surface area contributed by atoms with Gasteiger partial charge in [-0.05, 0) is 17.2 Å². The Hall–Kier alpha value is 0.0700. The van der Waals surface area contributed by atoms with Crippen LogP contribution in [0.5, 0.6) is 5.75 Å². The Kier molecular flexibility index (Phi) is 11.2. The molecular weight excluding hydrogens is 378 g/mol. The van der Waals surface area contributed by atoms with Crippen LogP contribution in [-0.4, -0.2) is 24.1 Å². The first-order valence-electron chi connectivity index (χ1n) is 7.33. The van der Waals surface area contributed by atoms with Crippen LogP contribution in [0.2, 0.25) is 0 Å². The summed E-state index contributed by atoms with van der Waals surface area (Å²) < 4.78 is 34.1. The van der Waals surface area contributed by atoms with E-state index in [0.717, 1.165) is 12.2 Å². The second-order valence-corrected chi connectivity index (χ2v) is 6.69. The Morgan fingerprint density at radius 2 is 1.54 bits per heavy atom. The zero-order chi connectivity index (χ0) is 17.8. The van der Waals surface area contributed by atoms with Gasteiger partial charge >= 0.3 is 59.1 Å². The van der Waals surface area contributed by atoms with Crippen molar-refractivity contribution in [2.24, 2.45) is 0 Å². The average molecular weight is 396 g/mol. The molecule has 26 heavy (non-hydrogen) atoms. The van der Waals surface area contributed by atoms with Gasteiger partial charge in [0, 0.05) is 27.8 Å². The summed E-state index contributed by atoms with van der Waals surface area (Å²) in [5.74, 6) is 0.846. The monoisotopic (exact) mass is 396 g/mol. The predicted molar refractivity (Wildman–Crippen MR) is 85.8 cm³/mol. The summed E-state index contributed by atoms with van der Waals surface area (Å²) in [6.45, 7) is 5.14. The molecule has 0 aliphatic carbocycles. The minimum Gasteiger partial charge on any atom is -0.759 e. The molecule has 1 aliphatic rings. The van der Waals surface area contributed by atoms with Crippen LogP contribution >= 0.6 is 0 Å². The van der Waals surface area contributed by atoms with Gasteiger partial charge in [0.25, 0.3) is 0 Å². The predicted octanol–water partition coefficient (Wildman–Crippen LogP) is -3.45. The fraction of sp³-hybridized carbons (Fsp3) is 0.294. The first-order valence-corrected chi connectivity index (χ1v) is 8.66. The Morgan fingerprint density at radius 3 is 2.12 bits per heavy atom. The van der Waals surface area contributed by atoms with E-state index in [2.05, 4.69) is 56.3 Å². The normalized spacial score (nSPS) is 12.9. The Morgan fingerprint density at radius 1 is 0.962 bits per heavy atom. The number of hydrogen-bond donors (Lipinski definition) is 0. The van der Waals surface area contributed by atoms with Crippen LogP contribution in [0.1, 0.15) is 30.5 Å². The number of rotatable bonds is 2. The maximum Gasteiger partial charge on any atom is 1.00 e. The van der Waals surface area contributed by atoms with Crippen LogP contribution in [0.3, 0.4) is 0 Å². The fourth-order valence-electron chi connectivity index (χ4n) is 2.52. The van der Waals surface area contributed by atoms with Crippen LogP contribution in [-0.2, 0) is 27.1 Å². The zero-order valence-electron chi connectivity index (χ0n) is 15.4. The number of benzene rings is 2. The summed E-state index contributed by atoms with van der Waals surface area (Å²) in [6, 6.07) is 17.0. The third-order valence-corrected chi connectivity index (χ3v) is 3.88. The molecule has 9 heteroatoms. The van der Waals surface area contributed by atoms with Crippen molar-refractivity contribution in [3.8, 4) is 5.75 Å². The molecule has 0 unspecified atom stereocenters. The Labute approximate surface area is 198 Å². The second-order valence-electron chi connectivity index (χ2n) is 5.88. The number of fused-ring (bicyclic) bond motifs is 1. The van der Waals surface area contributed by atoms with E-state index in [1.807, 2.05) is 6.07 Å². The average Bonchev–Trinajstić information content (AvgIpc) is 2.53. The van der Waals surface area contributed by atoms with Gasteiger partial charge in [-0.25, -0.2) is 0 Å². The van der Waals surface area contributed by atoms with Crippen molar-refractivity contribution >= 4 is 10.4 Å². The molecule has 2 aromatic carbocycles. The molecular formula is C17H18Na2O6S. The molecule has 0 radical (unpaired) electrons. The second kappa shape index (κ2) is 11.2. The van der Waals surface area contributed by atoms with Crippen molar-refractivity contribution in [1.82, 2.24) is 0 Å². The van der Waals surface area contributed by atoms with Gasteiger partial charge in [-0.2, -0.15) is 4.89 Å². The first kappa shape index (κ1) is 26.1. The van der Waals surface area contributed by atoms with E-state index in [0.29, 0.717) is 6.61 Å². The SMILES string of the molecule is CC(C)(c1ccccc1)c1ccc2c(c1)CCOO2.O=S(=O)([O-])[O-].[Na+].[Na+]. The smallest absolute Gasteiger partial charge is 0.759 e. The molecule has 0 spiro atoms. The summed E-state index contributed by atoms with van der Waals surface area (Å²) in [5, 5.41) is 0. The van der Waals surface area contributed by atoms with Crippen molar-refractivity contribution in [2.45, 2.75) is 25.7 Å². The molecule has 3 rings (SSSR count). The Balaban J connectivity index is 0.000000798. The molecule has 0 aromatic heterocycles. The molecule has 0 fully saturated rings. The van der Waals surface area contributed by atoms with Gasteiger partial charge in [0.05, 0.1) is 6.61 Å². The van der Waals surface area contributed by atoms with E-state index in [1.165, 1.54) is 16.7 Å². The fourth-order valence-corrected chi connectivity index (χ4v) is 2.52. The van der Waals surface area contributed by atoms with Gasteiger partial charge in [-0.15, -0.1) is 0 Å². The third kappa shape index (κ3) is 7.98. The standard InChI is InChI=1S/C17H18O2.2Na.H2O4S/c1-17(2,14-6-4-3-5-7-14)15-8-9-16-13(12-15)10-11-18-19-16;;;1-5(2,3)4/h3-9,12H,10-11H2,1-2H3;;;(H2,1,2,3,4)/q;2*+1;/p-2. The summed E-state index contributed by atoms with van der Waals surface area (Å²) in [7, 11) is -5.17. The van der Waals surface area contributed by atoms with E-state index in [9.17, 15) is 0 Å². The molecule has 6 nitrogen and oxygen atoms in total. The van der Waals surface area contributed by atoms with Crippen molar-refractivity contribution in [1.29, 1.82) is 0 Å². The topological polar surface area (TPSA) is 98.7 Å². The maximum absolute atomic E-state index is 8.52. The summed E-state index contributed by atoms with van der Waals surface area (Å²) in [4.78, 5) is 10.2. The molecule has 2 aromatic rings. The Bertz CT molecular complexity index is 786. The molecule has 130 valence electrons. The van der Waals surface area contributed by atoms with Crippen LogP contribution in [0.15, 0.2) is 48.5 Å². The number of hydrogen-bond acceptors (Lipinski definition) is 6. The molecule has 0 bridgehead atoms. The summed E-state index contributed by atoms with van der Waals surface area (Å²) in [5.41, 5.74) is 3.85. The van der Waals surface area contributed by atoms with Gasteiger partial charge in [-0.3, -0.25) is 8.42 Å². The van der Waals surface area contributed by atoms with E-state index in [1.54, 1.807) is 0 Å². The van der Waals surface area contributed by atoms with Crippen LogP contribution in [0.4, 0.5) is 0 Å². The van der Waals surface area contributed by atoms with Gasteiger partial charge in [0.2, 0.25) is 0 Å². The van der Waals surface area contributed by atoms with Gasteiger partial charge in [0.15, 0.2) is 5.75 Å². The van der Waals surface area contributed by atoms with Crippen molar-refractivity contribution in [2.75, 3.05) is 6.61 Å². The maximum atomic E-state index is 8.52. The molecule has 1 aliphatic heterocycles. The third-order valence-electron chi connectivity index (χ3n) is 3.88. The van der Waals surface area contributed by atoms with Crippen molar-refractivity contribution in [3.63, 3.8) is 0 Å². The van der Waals surface area contributed by atoms with Crippen LogP contribution in [0.25, 0.3) is 0 Å². The molecule has 0 N–H and O–H groups in total. The van der Waals surface area contributed by atoms with Crippen LogP contribution in [0, 0.1) is 0 Å². The molecule has 0 atom stereocenters. The molecule has 0 saturated heterocycles. The minimum absolute atomic E-state index is 0. The van der Waals surface area contributed by atoms with Gasteiger partial charge in [0.1, 0.15) is 0 Å². The van der Waals surface area contributed by atoms with E-state index in [-0.39, 0.29) is 64.5 Å². The summed E-state index contributed by atoms with van der Waals surface area (Å²) >= 11 is 0. The van der Waals surface area contributed by atoms with E-state index < -0.39 is 10.4 Å². The van der Waals surface area contributed by atoms with Crippen LogP contribution < -0.4 is 64.0 Å². The van der Waals surface area contributed by atoms with Crippen molar-refractivity contribution in [3.05, 3.63) is 65.2 Å². The van der Waals surface area contributed by atoms with E-state index >= 15 is 0 Å². The summed E-state index contributed by atoms with van der Waals surface area (Å²) in [6.07, 6.45) is 0.911. The first-order chi connectivity index (χ1) is 11.2. The zero-order valence-corrected chi connectivity index (χ0v) is 20.2. The minimum atomic E-state index is -5.17. The van der Waals surface area contributed by atoms with E-state index in [4.69, 9.17) is 27.3 Å². The quantitative estimate of drug-likeness (QED) is 0.227.